The molecule has 1 saturated carbocycles. The van der Waals surface area contributed by atoms with Crippen LogP contribution in [-0.4, -0.2) is 33.8 Å². The molecule has 0 radical (unpaired) electrons. The van der Waals surface area contributed by atoms with Crippen LogP contribution in [0.5, 0.6) is 0 Å². The lowest BCUT2D eigenvalue weighted by Crippen LogP contribution is -2.38. The van der Waals surface area contributed by atoms with Crippen LogP contribution in [0.2, 0.25) is 0 Å². The van der Waals surface area contributed by atoms with Gasteiger partial charge in [0, 0.05) is 13.0 Å². The summed E-state index contributed by atoms with van der Waals surface area (Å²) < 4.78 is 30.8. The highest BCUT2D eigenvalue weighted by Crippen LogP contribution is 2.35. The maximum atomic E-state index is 11.8. The average molecular weight is 291 g/mol. The van der Waals surface area contributed by atoms with Gasteiger partial charge in [-0.05, 0) is 24.7 Å². The van der Waals surface area contributed by atoms with E-state index in [9.17, 15) is 13.2 Å². The van der Waals surface area contributed by atoms with Crippen LogP contribution in [-0.2, 0) is 19.6 Å². The third-order valence-electron chi connectivity index (χ3n) is 3.80. The molecule has 0 amide bonds. The molecule has 1 aliphatic carbocycles. The van der Waals surface area contributed by atoms with E-state index in [2.05, 4.69) is 16.4 Å². The minimum atomic E-state index is -3.28. The van der Waals surface area contributed by atoms with E-state index in [0.717, 1.165) is 12.8 Å². The zero-order chi connectivity index (χ0) is 14.4. The van der Waals surface area contributed by atoms with Gasteiger partial charge in [0.2, 0.25) is 10.0 Å². The summed E-state index contributed by atoms with van der Waals surface area (Å²) in [6.45, 7) is 2.65. The summed E-state index contributed by atoms with van der Waals surface area (Å²) in [5.41, 5.74) is 0.0909. The molecule has 1 rings (SSSR count). The molecular weight excluding hydrogens is 266 g/mol. The van der Waals surface area contributed by atoms with Crippen molar-refractivity contribution in [3.05, 3.63) is 0 Å². The Kier molecular flexibility index (Phi) is 6.26. The Morgan fingerprint density at radius 1 is 1.26 bits per heavy atom. The van der Waals surface area contributed by atoms with Gasteiger partial charge in [-0.25, -0.2) is 13.1 Å². The van der Waals surface area contributed by atoms with Gasteiger partial charge in [-0.3, -0.25) is 4.79 Å². The summed E-state index contributed by atoms with van der Waals surface area (Å²) in [4.78, 5) is 10.9. The molecule has 19 heavy (non-hydrogen) atoms. The predicted octanol–water partition coefficient (Wildman–Crippen LogP) is 1.83. The zero-order valence-corrected chi connectivity index (χ0v) is 12.7. The number of nitrogens with one attached hydrogen (secondary N) is 1. The number of sulfonamides is 1. The van der Waals surface area contributed by atoms with Gasteiger partial charge >= 0.3 is 5.97 Å². The quantitative estimate of drug-likeness (QED) is 0.726. The van der Waals surface area contributed by atoms with E-state index in [-0.39, 0.29) is 23.6 Å². The molecule has 1 N–H and O–H groups in total. The fourth-order valence-electron chi connectivity index (χ4n) is 2.45. The molecule has 0 aromatic carbocycles. The largest absolute Gasteiger partial charge is 0.469 e. The smallest absolute Gasteiger partial charge is 0.305 e. The third-order valence-corrected chi connectivity index (χ3v) is 5.21. The fourth-order valence-corrected chi connectivity index (χ4v) is 3.68. The topological polar surface area (TPSA) is 72.5 Å². The Balaban J connectivity index is 2.31. The summed E-state index contributed by atoms with van der Waals surface area (Å²) in [5, 5.41) is 0. The Bertz CT molecular complexity index is 385. The third kappa shape index (κ3) is 6.38. The molecule has 112 valence electrons. The first-order valence-corrected chi connectivity index (χ1v) is 8.56. The van der Waals surface area contributed by atoms with Crippen LogP contribution in [0, 0.1) is 5.41 Å². The molecular formula is C13H25NO4S. The second-order valence-corrected chi connectivity index (χ2v) is 7.62. The maximum absolute atomic E-state index is 11.8. The monoisotopic (exact) mass is 291 g/mol. The molecule has 0 aromatic heterocycles. The summed E-state index contributed by atoms with van der Waals surface area (Å²) in [6.07, 6.45) is 6.23. The lowest BCUT2D eigenvalue weighted by Gasteiger charge is -2.33. The van der Waals surface area contributed by atoms with E-state index in [4.69, 9.17) is 0 Å². The van der Waals surface area contributed by atoms with E-state index in [1.807, 2.05) is 0 Å². The van der Waals surface area contributed by atoms with Crippen molar-refractivity contribution in [1.82, 2.24) is 4.72 Å². The lowest BCUT2D eigenvalue weighted by atomic mass is 9.76. The van der Waals surface area contributed by atoms with Crippen LogP contribution in [0.15, 0.2) is 0 Å². The number of carbonyl (C=O) groups is 1. The molecule has 1 aliphatic rings. The molecule has 0 aliphatic heterocycles. The number of rotatable bonds is 7. The molecule has 0 saturated heterocycles. The van der Waals surface area contributed by atoms with Crippen molar-refractivity contribution >= 4 is 16.0 Å². The molecule has 0 bridgehead atoms. The van der Waals surface area contributed by atoms with Crippen LogP contribution < -0.4 is 4.72 Å². The second-order valence-electron chi connectivity index (χ2n) is 5.69. The fraction of sp³-hybridized carbons (Fsp3) is 0.923. The van der Waals surface area contributed by atoms with Crippen molar-refractivity contribution in [2.75, 3.05) is 19.4 Å². The number of hydrogen-bond donors (Lipinski definition) is 1. The number of esters is 1. The first kappa shape index (κ1) is 16.4. The van der Waals surface area contributed by atoms with Gasteiger partial charge in [-0.1, -0.05) is 26.2 Å². The van der Waals surface area contributed by atoms with Crippen LogP contribution in [0.25, 0.3) is 0 Å². The van der Waals surface area contributed by atoms with Crippen molar-refractivity contribution in [3.8, 4) is 0 Å². The Labute approximate surface area is 116 Å². The van der Waals surface area contributed by atoms with Gasteiger partial charge in [0.1, 0.15) is 0 Å². The minimum absolute atomic E-state index is 0.0157. The van der Waals surface area contributed by atoms with Gasteiger partial charge in [-0.2, -0.15) is 0 Å². The van der Waals surface area contributed by atoms with Crippen LogP contribution in [0.1, 0.15) is 51.9 Å². The van der Waals surface area contributed by atoms with Crippen molar-refractivity contribution in [2.45, 2.75) is 51.9 Å². The number of ether oxygens (including phenoxy) is 1. The van der Waals surface area contributed by atoms with E-state index in [1.165, 1.54) is 26.4 Å². The molecule has 0 unspecified atom stereocenters. The molecule has 0 heterocycles. The van der Waals surface area contributed by atoms with Gasteiger partial charge < -0.3 is 4.74 Å². The van der Waals surface area contributed by atoms with Gasteiger partial charge in [0.25, 0.3) is 0 Å². The molecule has 0 aromatic rings. The summed E-state index contributed by atoms with van der Waals surface area (Å²) in [5.74, 6) is -0.382. The summed E-state index contributed by atoms with van der Waals surface area (Å²) in [7, 11) is -1.98. The highest BCUT2D eigenvalue weighted by molar-refractivity contribution is 7.89. The highest BCUT2D eigenvalue weighted by Gasteiger charge is 2.28. The van der Waals surface area contributed by atoms with Gasteiger partial charge in [0.15, 0.2) is 0 Å². The van der Waals surface area contributed by atoms with E-state index >= 15 is 0 Å². The zero-order valence-electron chi connectivity index (χ0n) is 11.9. The predicted molar refractivity (Wildman–Crippen MR) is 74.2 cm³/mol. The van der Waals surface area contributed by atoms with Crippen LogP contribution in [0.3, 0.4) is 0 Å². The molecule has 0 spiro atoms. The highest BCUT2D eigenvalue weighted by atomic mass is 32.2. The molecule has 1 fully saturated rings. The SMILES string of the molecule is COC(=O)CCCS(=O)(=O)NCC1(C)CCCCC1. The van der Waals surface area contributed by atoms with Gasteiger partial charge in [-0.15, -0.1) is 0 Å². The first-order valence-electron chi connectivity index (χ1n) is 6.91. The van der Waals surface area contributed by atoms with Crippen molar-refractivity contribution in [2.24, 2.45) is 5.41 Å². The normalized spacial score (nSPS) is 19.1. The summed E-state index contributed by atoms with van der Waals surface area (Å²) in [6, 6.07) is 0. The van der Waals surface area contributed by atoms with E-state index in [0.29, 0.717) is 13.0 Å². The van der Waals surface area contributed by atoms with E-state index in [1.54, 1.807) is 0 Å². The van der Waals surface area contributed by atoms with Crippen molar-refractivity contribution < 1.29 is 17.9 Å². The van der Waals surface area contributed by atoms with Crippen LogP contribution in [0.4, 0.5) is 0 Å². The first-order chi connectivity index (χ1) is 8.87. The number of carbonyl (C=O) groups excluding carboxylic acids is 1. The maximum Gasteiger partial charge on any atom is 0.305 e. The second kappa shape index (κ2) is 7.24. The average Bonchev–Trinajstić information content (AvgIpc) is 2.37. The standard InChI is InChI=1S/C13H25NO4S/c1-13(8-4-3-5-9-13)11-14-19(16,17)10-6-7-12(15)18-2/h14H,3-11H2,1-2H3. The number of hydrogen-bond acceptors (Lipinski definition) is 4. The van der Waals surface area contributed by atoms with Crippen molar-refractivity contribution in [3.63, 3.8) is 0 Å². The van der Waals surface area contributed by atoms with Crippen molar-refractivity contribution in [1.29, 1.82) is 0 Å². The molecule has 5 nitrogen and oxygen atoms in total. The number of methoxy groups -OCH3 is 1. The Hall–Kier alpha value is -0.620. The Morgan fingerprint density at radius 2 is 1.89 bits per heavy atom. The molecule has 6 heteroatoms. The lowest BCUT2D eigenvalue weighted by molar-refractivity contribution is -0.140. The molecule has 0 atom stereocenters. The van der Waals surface area contributed by atoms with E-state index < -0.39 is 10.0 Å². The minimum Gasteiger partial charge on any atom is -0.469 e. The van der Waals surface area contributed by atoms with Gasteiger partial charge in [0.05, 0.1) is 12.9 Å². The Morgan fingerprint density at radius 3 is 2.47 bits per heavy atom. The summed E-state index contributed by atoms with van der Waals surface area (Å²) >= 11 is 0. The van der Waals surface area contributed by atoms with Crippen LogP contribution >= 0.6 is 0 Å².